The number of aromatic amines is 1. The van der Waals surface area contributed by atoms with Gasteiger partial charge in [0.2, 0.25) is 0 Å². The number of halogens is 1. The fourth-order valence-electron chi connectivity index (χ4n) is 1.63. The lowest BCUT2D eigenvalue weighted by Gasteiger charge is -2.22. The third-order valence-electron chi connectivity index (χ3n) is 2.45. The Hall–Kier alpha value is -1.89. The molecule has 18 heavy (non-hydrogen) atoms. The van der Waals surface area contributed by atoms with Crippen LogP contribution in [0.1, 0.15) is 6.92 Å². The average Bonchev–Trinajstić information content (AvgIpc) is 2.86. The average molecular weight is 269 g/mol. The van der Waals surface area contributed by atoms with Crippen molar-refractivity contribution in [1.29, 1.82) is 0 Å². The first-order chi connectivity index (χ1) is 8.57. The van der Waals surface area contributed by atoms with Gasteiger partial charge in [-0.2, -0.15) is 13.5 Å². The molecule has 0 bridgehead atoms. The quantitative estimate of drug-likeness (QED) is 0.919. The van der Waals surface area contributed by atoms with Crippen molar-refractivity contribution in [2.75, 3.05) is 10.8 Å². The first kappa shape index (κ1) is 12.6. The predicted molar refractivity (Wildman–Crippen MR) is 65.2 cm³/mol. The van der Waals surface area contributed by atoms with Crippen molar-refractivity contribution in [1.82, 2.24) is 10.2 Å². The van der Waals surface area contributed by atoms with Crippen LogP contribution in [0.15, 0.2) is 41.6 Å². The molecule has 0 spiro atoms. The molecule has 0 saturated carbocycles. The Kier molecular flexibility index (Phi) is 3.33. The number of nitrogens with one attached hydrogen (secondary N) is 1. The van der Waals surface area contributed by atoms with E-state index in [1.165, 1.54) is 30.5 Å². The van der Waals surface area contributed by atoms with E-state index in [4.69, 9.17) is 0 Å². The zero-order valence-corrected chi connectivity index (χ0v) is 10.5. The van der Waals surface area contributed by atoms with E-state index in [-0.39, 0.29) is 17.3 Å². The van der Waals surface area contributed by atoms with Crippen LogP contribution >= 0.6 is 0 Å². The highest BCUT2D eigenvalue weighted by Gasteiger charge is 2.26. The van der Waals surface area contributed by atoms with Crippen LogP contribution in [0.4, 0.5) is 10.1 Å². The lowest BCUT2D eigenvalue weighted by atomic mass is 10.3. The summed E-state index contributed by atoms with van der Waals surface area (Å²) < 4.78 is 39.2. The highest BCUT2D eigenvalue weighted by atomic mass is 32.2. The Morgan fingerprint density at radius 1 is 1.33 bits per heavy atom. The second-order valence-corrected chi connectivity index (χ2v) is 5.37. The largest absolute Gasteiger partial charge is 0.281 e. The molecule has 0 aliphatic rings. The third kappa shape index (κ3) is 2.08. The number of aromatic nitrogens is 2. The normalized spacial score (nSPS) is 11.4. The second kappa shape index (κ2) is 4.77. The van der Waals surface area contributed by atoms with Gasteiger partial charge >= 0.3 is 0 Å². The monoisotopic (exact) mass is 269 g/mol. The number of benzene rings is 1. The number of H-pyrrole nitrogens is 1. The molecule has 2 rings (SSSR count). The van der Waals surface area contributed by atoms with Gasteiger partial charge in [0.1, 0.15) is 5.82 Å². The van der Waals surface area contributed by atoms with Gasteiger partial charge in [0.15, 0.2) is 5.03 Å². The zero-order chi connectivity index (χ0) is 13.2. The molecular weight excluding hydrogens is 257 g/mol. The highest BCUT2D eigenvalue weighted by Crippen LogP contribution is 2.24. The molecule has 0 aliphatic carbocycles. The van der Waals surface area contributed by atoms with Gasteiger partial charge in [-0.15, -0.1) is 0 Å². The Morgan fingerprint density at radius 2 is 2.06 bits per heavy atom. The van der Waals surface area contributed by atoms with Gasteiger partial charge in [0.25, 0.3) is 10.0 Å². The number of para-hydroxylation sites is 1. The molecule has 0 radical (unpaired) electrons. The minimum absolute atomic E-state index is 0.0228. The first-order valence-electron chi connectivity index (χ1n) is 5.34. The van der Waals surface area contributed by atoms with E-state index in [1.807, 2.05) is 0 Å². The van der Waals surface area contributed by atoms with Crippen molar-refractivity contribution in [3.8, 4) is 0 Å². The summed E-state index contributed by atoms with van der Waals surface area (Å²) in [5.74, 6) is -0.581. The zero-order valence-electron chi connectivity index (χ0n) is 9.67. The Morgan fingerprint density at radius 3 is 2.61 bits per heavy atom. The molecule has 2 aromatic rings. The maximum Gasteiger partial charge on any atom is 0.281 e. The van der Waals surface area contributed by atoms with Gasteiger partial charge < -0.3 is 0 Å². The van der Waals surface area contributed by atoms with Gasteiger partial charge in [-0.1, -0.05) is 12.1 Å². The van der Waals surface area contributed by atoms with E-state index < -0.39 is 15.8 Å². The maximum atomic E-state index is 13.7. The topological polar surface area (TPSA) is 66.1 Å². The molecule has 1 aromatic heterocycles. The van der Waals surface area contributed by atoms with Crippen LogP contribution in [0.5, 0.6) is 0 Å². The van der Waals surface area contributed by atoms with Crippen molar-refractivity contribution >= 4 is 15.7 Å². The number of sulfonamides is 1. The summed E-state index contributed by atoms with van der Waals surface area (Å²) in [6.07, 6.45) is 1.34. The van der Waals surface area contributed by atoms with Gasteiger partial charge in [-0.3, -0.25) is 9.40 Å². The minimum Gasteiger partial charge on any atom is -0.266 e. The summed E-state index contributed by atoms with van der Waals surface area (Å²) in [4.78, 5) is 0. The standard InChI is InChI=1S/C11H12FN3O2S/c1-2-15(10-6-4-3-5-9(10)12)18(16,17)11-7-8-13-14-11/h3-8H,2H2,1H3,(H,13,14). The van der Waals surface area contributed by atoms with Crippen molar-refractivity contribution in [3.63, 3.8) is 0 Å². The van der Waals surface area contributed by atoms with Crippen molar-refractivity contribution in [3.05, 3.63) is 42.3 Å². The Labute approximate surface area is 104 Å². The van der Waals surface area contributed by atoms with E-state index >= 15 is 0 Å². The molecule has 5 nitrogen and oxygen atoms in total. The van der Waals surface area contributed by atoms with Crippen molar-refractivity contribution in [2.45, 2.75) is 11.9 Å². The Balaban J connectivity index is 2.51. The molecule has 1 N–H and O–H groups in total. The molecule has 0 atom stereocenters. The van der Waals surface area contributed by atoms with Gasteiger partial charge in [0, 0.05) is 6.54 Å². The van der Waals surface area contributed by atoms with E-state index in [2.05, 4.69) is 10.2 Å². The predicted octanol–water partition coefficient (Wildman–Crippen LogP) is 1.76. The van der Waals surface area contributed by atoms with Crippen LogP contribution in [-0.4, -0.2) is 25.2 Å². The SMILES string of the molecule is CCN(c1ccccc1F)S(=O)(=O)c1ccn[nH]1. The van der Waals surface area contributed by atoms with Crippen LogP contribution in [0.2, 0.25) is 0 Å². The first-order valence-corrected chi connectivity index (χ1v) is 6.78. The summed E-state index contributed by atoms with van der Waals surface area (Å²) in [6.45, 7) is 1.77. The van der Waals surface area contributed by atoms with Crippen LogP contribution in [0.25, 0.3) is 0 Å². The molecule has 1 heterocycles. The number of nitrogens with zero attached hydrogens (tertiary/aromatic N) is 2. The van der Waals surface area contributed by atoms with Gasteiger partial charge in [0.05, 0.1) is 11.9 Å². The Bertz CT molecular complexity index is 625. The van der Waals surface area contributed by atoms with Gasteiger partial charge in [-0.25, -0.2) is 4.39 Å². The summed E-state index contributed by atoms with van der Waals surface area (Å²) >= 11 is 0. The number of anilines is 1. The molecule has 0 fully saturated rings. The fraction of sp³-hybridized carbons (Fsp3) is 0.182. The number of hydrogen-bond donors (Lipinski definition) is 1. The maximum absolute atomic E-state index is 13.7. The van der Waals surface area contributed by atoms with Gasteiger partial charge in [-0.05, 0) is 25.1 Å². The van der Waals surface area contributed by atoms with Crippen molar-refractivity contribution < 1.29 is 12.8 Å². The summed E-state index contributed by atoms with van der Waals surface area (Å²) in [6, 6.07) is 7.07. The number of hydrogen-bond acceptors (Lipinski definition) is 3. The molecular formula is C11H12FN3O2S. The lowest BCUT2D eigenvalue weighted by Crippen LogP contribution is -2.31. The summed E-state index contributed by atoms with van der Waals surface area (Å²) in [5, 5.41) is 5.91. The molecule has 7 heteroatoms. The van der Waals surface area contributed by atoms with E-state index in [0.29, 0.717) is 0 Å². The third-order valence-corrected chi connectivity index (χ3v) is 4.27. The molecule has 1 aromatic carbocycles. The molecule has 0 aliphatic heterocycles. The van der Waals surface area contributed by atoms with E-state index in [0.717, 1.165) is 4.31 Å². The van der Waals surface area contributed by atoms with E-state index in [1.54, 1.807) is 13.0 Å². The minimum atomic E-state index is -3.81. The number of rotatable bonds is 4. The molecule has 0 amide bonds. The van der Waals surface area contributed by atoms with Crippen LogP contribution < -0.4 is 4.31 Å². The highest BCUT2D eigenvalue weighted by molar-refractivity contribution is 7.92. The molecule has 0 saturated heterocycles. The molecule has 96 valence electrons. The second-order valence-electron chi connectivity index (χ2n) is 3.54. The van der Waals surface area contributed by atoms with Crippen LogP contribution in [-0.2, 0) is 10.0 Å². The van der Waals surface area contributed by atoms with Crippen LogP contribution in [0.3, 0.4) is 0 Å². The van der Waals surface area contributed by atoms with E-state index in [9.17, 15) is 12.8 Å². The van der Waals surface area contributed by atoms with Crippen LogP contribution in [0, 0.1) is 5.82 Å². The fourth-order valence-corrected chi connectivity index (χ4v) is 3.01. The van der Waals surface area contributed by atoms with Crippen molar-refractivity contribution in [2.24, 2.45) is 0 Å². The smallest absolute Gasteiger partial charge is 0.266 e. The summed E-state index contributed by atoms with van der Waals surface area (Å²) in [7, 11) is -3.81. The summed E-state index contributed by atoms with van der Waals surface area (Å²) in [5.41, 5.74) is 0.0228. The lowest BCUT2D eigenvalue weighted by molar-refractivity contribution is 0.582. The molecule has 0 unspecified atom stereocenters.